The van der Waals surface area contributed by atoms with E-state index in [0.717, 1.165) is 5.56 Å². The molecule has 0 bridgehead atoms. The van der Waals surface area contributed by atoms with Crippen LogP contribution in [0.15, 0.2) is 55.1 Å². The number of Topliss-reactive ketones (excluding diaryl/α,β-unsaturated/α-hetero) is 1. The molecular formula is C20H17N5O3. The van der Waals surface area contributed by atoms with Crippen molar-refractivity contribution in [2.45, 2.75) is 18.9 Å². The summed E-state index contributed by atoms with van der Waals surface area (Å²) in [4.78, 5) is 32.2. The normalized spacial score (nSPS) is 11.5. The minimum absolute atomic E-state index is 0.0225. The summed E-state index contributed by atoms with van der Waals surface area (Å²) in [5.41, 5.74) is 7.58. The Morgan fingerprint density at radius 2 is 1.93 bits per heavy atom. The van der Waals surface area contributed by atoms with Crippen LogP contribution in [0.4, 0.5) is 5.82 Å². The van der Waals surface area contributed by atoms with Crippen LogP contribution in [-0.4, -0.2) is 31.4 Å². The lowest BCUT2D eigenvalue weighted by atomic mass is 9.98. The second kappa shape index (κ2) is 8.14. The Kier molecular flexibility index (Phi) is 5.46. The number of nitrogens with two attached hydrogens (primary N) is 1. The van der Waals surface area contributed by atoms with Crippen LogP contribution in [0.25, 0.3) is 0 Å². The molecule has 0 saturated heterocycles. The van der Waals surface area contributed by atoms with Crippen LogP contribution in [0.3, 0.4) is 0 Å². The molecule has 0 aliphatic rings. The van der Waals surface area contributed by atoms with Crippen LogP contribution in [0.1, 0.15) is 33.1 Å². The molecule has 140 valence electrons. The topological polar surface area (TPSA) is 135 Å². The molecule has 28 heavy (non-hydrogen) atoms. The Hall–Kier alpha value is -3.99. The number of ketones is 1. The third kappa shape index (κ3) is 4.40. The fourth-order valence-corrected chi connectivity index (χ4v) is 2.74. The van der Waals surface area contributed by atoms with Gasteiger partial charge < -0.3 is 15.4 Å². The van der Waals surface area contributed by atoms with E-state index in [1.807, 2.05) is 6.07 Å². The number of aliphatic carboxylic acids is 1. The van der Waals surface area contributed by atoms with Crippen molar-refractivity contribution in [1.29, 1.82) is 5.26 Å². The molecule has 3 N–H and O–H groups in total. The van der Waals surface area contributed by atoms with Crippen molar-refractivity contribution in [2.75, 3.05) is 5.73 Å². The number of nitrogens with zero attached hydrogens (tertiary/aromatic N) is 4. The van der Waals surface area contributed by atoms with E-state index in [-0.39, 0.29) is 18.7 Å². The van der Waals surface area contributed by atoms with Crippen LogP contribution < -0.4 is 5.73 Å². The zero-order chi connectivity index (χ0) is 20.1. The van der Waals surface area contributed by atoms with Crippen molar-refractivity contribution in [1.82, 2.24) is 14.5 Å². The molecule has 0 aliphatic heterocycles. The molecule has 3 aromatic rings. The van der Waals surface area contributed by atoms with Crippen LogP contribution in [-0.2, 0) is 17.8 Å². The lowest BCUT2D eigenvalue weighted by Crippen LogP contribution is -2.15. The number of benzene rings is 1. The second-order valence-electron chi connectivity index (χ2n) is 6.27. The first-order valence-electron chi connectivity index (χ1n) is 8.44. The predicted octanol–water partition coefficient (Wildman–Crippen LogP) is 2.03. The lowest BCUT2D eigenvalue weighted by molar-refractivity contribution is -0.138. The van der Waals surface area contributed by atoms with E-state index in [4.69, 9.17) is 11.0 Å². The van der Waals surface area contributed by atoms with Crippen molar-refractivity contribution < 1.29 is 14.7 Å². The van der Waals surface area contributed by atoms with Gasteiger partial charge in [0.1, 0.15) is 11.7 Å². The van der Waals surface area contributed by atoms with Crippen LogP contribution >= 0.6 is 0 Å². The lowest BCUT2D eigenvalue weighted by Gasteiger charge is -2.09. The van der Waals surface area contributed by atoms with Gasteiger partial charge in [0, 0.05) is 18.0 Å². The third-order valence-corrected chi connectivity index (χ3v) is 4.26. The number of aromatic nitrogens is 3. The van der Waals surface area contributed by atoms with Gasteiger partial charge in [0.05, 0.1) is 30.2 Å². The number of nitrogen functional groups attached to an aromatic ring is 1. The molecule has 8 heteroatoms. The van der Waals surface area contributed by atoms with Gasteiger partial charge in [-0.05, 0) is 30.2 Å². The zero-order valence-corrected chi connectivity index (χ0v) is 14.8. The molecule has 0 aliphatic carbocycles. The fourth-order valence-electron chi connectivity index (χ4n) is 2.74. The summed E-state index contributed by atoms with van der Waals surface area (Å²) >= 11 is 0. The van der Waals surface area contributed by atoms with Crippen molar-refractivity contribution >= 4 is 17.6 Å². The maximum absolute atomic E-state index is 12.4. The Morgan fingerprint density at radius 3 is 2.54 bits per heavy atom. The number of carboxylic acid groups (broad SMARTS) is 1. The number of anilines is 1. The maximum atomic E-state index is 12.4. The van der Waals surface area contributed by atoms with E-state index in [2.05, 4.69) is 9.97 Å². The van der Waals surface area contributed by atoms with Crippen molar-refractivity contribution in [3.63, 3.8) is 0 Å². The third-order valence-electron chi connectivity index (χ3n) is 4.26. The molecule has 0 spiro atoms. The van der Waals surface area contributed by atoms with E-state index < -0.39 is 11.9 Å². The molecule has 1 unspecified atom stereocenters. The van der Waals surface area contributed by atoms with E-state index in [1.165, 1.54) is 12.5 Å². The van der Waals surface area contributed by atoms with E-state index in [0.29, 0.717) is 22.6 Å². The SMILES string of the molecule is N#Cc1ccc(C(=O)Cn2cnc(C(Cc3ccc(N)nc3)C(=O)O)c2)cc1. The van der Waals surface area contributed by atoms with E-state index in [1.54, 1.807) is 47.2 Å². The van der Waals surface area contributed by atoms with Gasteiger partial charge in [-0.15, -0.1) is 0 Å². The highest BCUT2D eigenvalue weighted by Crippen LogP contribution is 2.20. The van der Waals surface area contributed by atoms with Gasteiger partial charge in [-0.25, -0.2) is 9.97 Å². The standard InChI is InChI=1S/C20H17N5O3/c21-8-13-1-4-15(5-2-13)18(26)11-25-10-17(24-12-25)16(20(27)28)7-14-3-6-19(22)23-9-14/h1-6,9-10,12,16H,7,11H2,(H2,22,23)(H,27,28). The monoisotopic (exact) mass is 375 g/mol. The molecule has 0 saturated carbocycles. The van der Waals surface area contributed by atoms with E-state index in [9.17, 15) is 14.7 Å². The molecule has 0 radical (unpaired) electrons. The fraction of sp³-hybridized carbons (Fsp3) is 0.150. The van der Waals surface area contributed by atoms with Crippen molar-refractivity contribution in [2.24, 2.45) is 0 Å². The van der Waals surface area contributed by atoms with Gasteiger partial charge >= 0.3 is 5.97 Å². The van der Waals surface area contributed by atoms with Gasteiger partial charge in [-0.2, -0.15) is 5.26 Å². The van der Waals surface area contributed by atoms with Gasteiger partial charge in [-0.3, -0.25) is 9.59 Å². The quantitative estimate of drug-likeness (QED) is 0.603. The minimum atomic E-state index is -1.01. The number of hydrogen-bond donors (Lipinski definition) is 2. The number of nitriles is 1. The predicted molar refractivity (Wildman–Crippen MR) is 100 cm³/mol. The van der Waals surface area contributed by atoms with Gasteiger partial charge in [0.15, 0.2) is 5.78 Å². The number of hydrogen-bond acceptors (Lipinski definition) is 6. The Morgan fingerprint density at radius 1 is 1.18 bits per heavy atom. The summed E-state index contributed by atoms with van der Waals surface area (Å²) in [7, 11) is 0. The highest BCUT2D eigenvalue weighted by molar-refractivity contribution is 5.96. The largest absolute Gasteiger partial charge is 0.481 e. The molecule has 2 aromatic heterocycles. The van der Waals surface area contributed by atoms with Crippen LogP contribution in [0.2, 0.25) is 0 Å². The molecule has 1 aromatic carbocycles. The molecule has 2 heterocycles. The Balaban J connectivity index is 1.73. The van der Waals surface area contributed by atoms with Gasteiger partial charge in [0.2, 0.25) is 0 Å². The first-order chi connectivity index (χ1) is 13.5. The molecular weight excluding hydrogens is 358 g/mol. The van der Waals surface area contributed by atoms with Crippen molar-refractivity contribution in [3.05, 3.63) is 77.5 Å². The highest BCUT2D eigenvalue weighted by Gasteiger charge is 2.23. The second-order valence-corrected chi connectivity index (χ2v) is 6.27. The Labute approximate surface area is 160 Å². The maximum Gasteiger partial charge on any atom is 0.312 e. The molecule has 8 nitrogen and oxygen atoms in total. The number of pyridine rings is 1. The molecule has 1 atom stereocenters. The summed E-state index contributed by atoms with van der Waals surface area (Å²) in [5, 5.41) is 18.4. The zero-order valence-electron chi connectivity index (χ0n) is 14.8. The van der Waals surface area contributed by atoms with Crippen LogP contribution in [0.5, 0.6) is 0 Å². The summed E-state index contributed by atoms with van der Waals surface area (Å²) in [6.45, 7) is 0.0225. The summed E-state index contributed by atoms with van der Waals surface area (Å²) in [6.07, 6.45) is 4.75. The molecule has 0 fully saturated rings. The number of carbonyl (C=O) groups excluding carboxylic acids is 1. The smallest absolute Gasteiger partial charge is 0.312 e. The van der Waals surface area contributed by atoms with Gasteiger partial charge in [0.25, 0.3) is 0 Å². The first-order valence-corrected chi connectivity index (χ1v) is 8.44. The number of carbonyl (C=O) groups is 2. The minimum Gasteiger partial charge on any atom is -0.481 e. The average molecular weight is 375 g/mol. The van der Waals surface area contributed by atoms with E-state index >= 15 is 0 Å². The number of carboxylic acids is 1. The summed E-state index contributed by atoms with van der Waals surface area (Å²) < 4.78 is 1.55. The van der Waals surface area contributed by atoms with Crippen molar-refractivity contribution in [3.8, 4) is 6.07 Å². The number of rotatable bonds is 7. The first kappa shape index (κ1) is 18.8. The Bertz CT molecular complexity index is 1030. The average Bonchev–Trinajstić information content (AvgIpc) is 3.15. The summed E-state index contributed by atoms with van der Waals surface area (Å²) in [5.74, 6) is -1.68. The molecule has 0 amide bonds. The molecule has 3 rings (SSSR count). The van der Waals surface area contributed by atoms with Crippen LogP contribution in [0, 0.1) is 11.3 Å². The summed E-state index contributed by atoms with van der Waals surface area (Å²) in [6, 6.07) is 11.7. The number of imidazole rings is 1. The van der Waals surface area contributed by atoms with Gasteiger partial charge in [-0.1, -0.05) is 18.2 Å². The highest BCUT2D eigenvalue weighted by atomic mass is 16.4.